The minimum atomic E-state index is -3.83. The van der Waals surface area contributed by atoms with Crippen molar-refractivity contribution in [3.63, 3.8) is 0 Å². The number of hydrogen-bond acceptors (Lipinski definition) is 6. The van der Waals surface area contributed by atoms with E-state index in [9.17, 15) is 8.42 Å². The van der Waals surface area contributed by atoms with Gasteiger partial charge in [0.2, 0.25) is 0 Å². The van der Waals surface area contributed by atoms with Gasteiger partial charge < -0.3 is 14.2 Å². The van der Waals surface area contributed by atoms with Crippen molar-refractivity contribution >= 4 is 55.4 Å². The Morgan fingerprint density at radius 2 is 1.76 bits per heavy atom. The molecule has 3 rings (SSSR count). The number of hydrogen-bond donors (Lipinski definition) is 1. The van der Waals surface area contributed by atoms with Crippen molar-refractivity contribution in [2.75, 3.05) is 14.2 Å². The molecule has 0 fully saturated rings. The van der Waals surface area contributed by atoms with Gasteiger partial charge in [-0.05, 0) is 70.0 Å². The van der Waals surface area contributed by atoms with Gasteiger partial charge >= 0.3 is 0 Å². The highest BCUT2D eigenvalue weighted by atomic mass is 79.9. The first-order valence-electron chi connectivity index (χ1n) is 9.36. The van der Waals surface area contributed by atoms with Crippen LogP contribution in [0.15, 0.2) is 69.1 Å². The van der Waals surface area contributed by atoms with Crippen molar-refractivity contribution in [3.05, 3.63) is 80.2 Å². The number of rotatable bonds is 9. The van der Waals surface area contributed by atoms with Crippen LogP contribution in [0.3, 0.4) is 0 Å². The van der Waals surface area contributed by atoms with E-state index in [0.717, 1.165) is 5.56 Å². The highest BCUT2D eigenvalue weighted by Crippen LogP contribution is 2.37. The summed E-state index contributed by atoms with van der Waals surface area (Å²) < 4.78 is 41.7. The Hall–Kier alpha value is -2.46. The number of sulfonamides is 1. The third kappa shape index (κ3) is 6.54. The standard InChI is InChI=1S/C22H19BrCl2N2O5S/c1-30-17-5-7-18(8-6-17)33(28,29)27-26-12-14-9-19(23)22(21(10-14)31-2)32-13-15-3-4-16(24)11-20(15)25/h3-12,27H,13H2,1-2H3/b26-12-. The van der Waals surface area contributed by atoms with Crippen molar-refractivity contribution in [3.8, 4) is 17.2 Å². The van der Waals surface area contributed by atoms with Crippen molar-refractivity contribution in [2.24, 2.45) is 5.10 Å². The minimum Gasteiger partial charge on any atom is -0.497 e. The zero-order chi connectivity index (χ0) is 24.0. The van der Waals surface area contributed by atoms with E-state index in [1.807, 2.05) is 0 Å². The van der Waals surface area contributed by atoms with Gasteiger partial charge in [0.15, 0.2) is 11.5 Å². The topological polar surface area (TPSA) is 86.2 Å². The van der Waals surface area contributed by atoms with Crippen molar-refractivity contribution < 1.29 is 22.6 Å². The Balaban J connectivity index is 1.73. The third-order valence-electron chi connectivity index (χ3n) is 4.40. The average molecular weight is 574 g/mol. The highest BCUT2D eigenvalue weighted by Gasteiger charge is 2.14. The van der Waals surface area contributed by atoms with Crippen LogP contribution in [0.5, 0.6) is 17.2 Å². The fourth-order valence-electron chi connectivity index (χ4n) is 2.72. The molecule has 0 aliphatic heterocycles. The fraction of sp³-hybridized carbons (Fsp3) is 0.136. The van der Waals surface area contributed by atoms with Gasteiger partial charge in [0, 0.05) is 15.6 Å². The first-order chi connectivity index (χ1) is 15.7. The number of benzene rings is 3. The highest BCUT2D eigenvalue weighted by molar-refractivity contribution is 9.10. The molecule has 0 radical (unpaired) electrons. The molecular formula is C22H19BrCl2N2O5S. The van der Waals surface area contributed by atoms with E-state index >= 15 is 0 Å². The number of ether oxygens (including phenoxy) is 3. The zero-order valence-corrected chi connectivity index (χ0v) is 21.4. The molecule has 0 heterocycles. The summed E-state index contributed by atoms with van der Waals surface area (Å²) in [5, 5.41) is 4.88. The Kier molecular flexibility index (Phi) is 8.47. The van der Waals surface area contributed by atoms with Crippen LogP contribution in [-0.2, 0) is 16.6 Å². The Morgan fingerprint density at radius 1 is 1.03 bits per heavy atom. The second-order valence-electron chi connectivity index (χ2n) is 6.59. The van der Waals surface area contributed by atoms with Gasteiger partial charge in [-0.1, -0.05) is 29.3 Å². The molecule has 3 aromatic carbocycles. The van der Waals surface area contributed by atoms with Crippen molar-refractivity contribution in [1.29, 1.82) is 0 Å². The first kappa shape index (κ1) is 25.2. The van der Waals surface area contributed by atoms with E-state index in [2.05, 4.69) is 25.9 Å². The Morgan fingerprint density at radius 3 is 2.39 bits per heavy atom. The molecule has 3 aromatic rings. The maximum absolute atomic E-state index is 12.4. The van der Waals surface area contributed by atoms with Gasteiger partial charge in [0.05, 0.1) is 29.8 Å². The molecule has 0 aliphatic carbocycles. The second-order valence-corrected chi connectivity index (χ2v) is 9.95. The predicted octanol–water partition coefficient (Wildman–Crippen LogP) is 5.66. The summed E-state index contributed by atoms with van der Waals surface area (Å²) in [4.78, 5) is 2.24. The van der Waals surface area contributed by atoms with Crippen LogP contribution in [0, 0.1) is 0 Å². The Labute approximate surface area is 210 Å². The van der Waals surface area contributed by atoms with Crippen LogP contribution >= 0.6 is 39.1 Å². The average Bonchev–Trinajstić information content (AvgIpc) is 2.79. The summed E-state index contributed by atoms with van der Waals surface area (Å²) in [6.07, 6.45) is 1.36. The fourth-order valence-corrected chi connectivity index (χ4v) is 4.55. The normalized spacial score (nSPS) is 11.4. The predicted molar refractivity (Wildman–Crippen MR) is 132 cm³/mol. The quantitative estimate of drug-likeness (QED) is 0.263. The molecule has 0 aliphatic rings. The van der Waals surface area contributed by atoms with Gasteiger partial charge in [0.1, 0.15) is 12.4 Å². The number of nitrogens with one attached hydrogen (secondary N) is 1. The minimum absolute atomic E-state index is 0.0591. The summed E-state index contributed by atoms with van der Waals surface area (Å²) in [6, 6.07) is 14.5. The van der Waals surface area contributed by atoms with Gasteiger partial charge in [-0.3, -0.25) is 0 Å². The molecule has 0 amide bonds. The molecule has 0 unspecified atom stereocenters. The summed E-state index contributed by atoms with van der Waals surface area (Å²) in [5.74, 6) is 1.43. The van der Waals surface area contributed by atoms with Crippen LogP contribution in [0.2, 0.25) is 10.0 Å². The zero-order valence-electron chi connectivity index (χ0n) is 17.5. The lowest BCUT2D eigenvalue weighted by Crippen LogP contribution is -2.18. The van der Waals surface area contributed by atoms with Crippen molar-refractivity contribution in [1.82, 2.24) is 4.83 Å². The van der Waals surface area contributed by atoms with Gasteiger partial charge in [-0.15, -0.1) is 0 Å². The lowest BCUT2D eigenvalue weighted by molar-refractivity contribution is 0.282. The maximum atomic E-state index is 12.4. The summed E-state index contributed by atoms with van der Waals surface area (Å²) in [7, 11) is -0.830. The Bertz CT molecular complexity index is 1270. The third-order valence-corrected chi connectivity index (χ3v) is 6.81. The number of hydrazone groups is 1. The molecule has 33 heavy (non-hydrogen) atoms. The van der Waals surface area contributed by atoms with Crippen LogP contribution < -0.4 is 19.0 Å². The van der Waals surface area contributed by atoms with Crippen LogP contribution in [0.4, 0.5) is 0 Å². The molecule has 1 N–H and O–H groups in total. The van der Waals surface area contributed by atoms with Gasteiger partial charge in [0.25, 0.3) is 10.0 Å². The molecule has 0 bridgehead atoms. The molecular weight excluding hydrogens is 555 g/mol. The summed E-state index contributed by atoms with van der Waals surface area (Å²) in [6.45, 7) is 0.195. The molecule has 0 atom stereocenters. The number of halogens is 3. The van der Waals surface area contributed by atoms with Crippen LogP contribution in [-0.4, -0.2) is 28.9 Å². The molecule has 11 heteroatoms. The van der Waals surface area contributed by atoms with Gasteiger partial charge in [-0.2, -0.15) is 13.5 Å². The molecule has 0 aromatic heterocycles. The lowest BCUT2D eigenvalue weighted by atomic mass is 10.2. The largest absolute Gasteiger partial charge is 0.497 e. The molecule has 0 saturated heterocycles. The summed E-state index contributed by atoms with van der Waals surface area (Å²) in [5.41, 5.74) is 1.33. The summed E-state index contributed by atoms with van der Waals surface area (Å²) >= 11 is 15.6. The molecule has 7 nitrogen and oxygen atoms in total. The smallest absolute Gasteiger partial charge is 0.276 e. The van der Waals surface area contributed by atoms with Crippen LogP contribution in [0.25, 0.3) is 0 Å². The monoisotopic (exact) mass is 572 g/mol. The molecule has 174 valence electrons. The van der Waals surface area contributed by atoms with E-state index in [0.29, 0.717) is 37.3 Å². The molecule has 0 saturated carbocycles. The molecule has 0 spiro atoms. The maximum Gasteiger partial charge on any atom is 0.276 e. The van der Waals surface area contributed by atoms with E-state index in [-0.39, 0.29) is 11.5 Å². The van der Waals surface area contributed by atoms with E-state index < -0.39 is 10.0 Å². The lowest BCUT2D eigenvalue weighted by Gasteiger charge is -2.14. The van der Waals surface area contributed by atoms with E-state index in [1.165, 1.54) is 32.6 Å². The van der Waals surface area contributed by atoms with Crippen molar-refractivity contribution in [2.45, 2.75) is 11.5 Å². The second kappa shape index (κ2) is 11.1. The van der Waals surface area contributed by atoms with E-state index in [4.69, 9.17) is 37.4 Å². The van der Waals surface area contributed by atoms with E-state index in [1.54, 1.807) is 42.5 Å². The number of methoxy groups -OCH3 is 2. The van der Waals surface area contributed by atoms with Crippen LogP contribution in [0.1, 0.15) is 11.1 Å². The first-order valence-corrected chi connectivity index (χ1v) is 12.4. The number of nitrogens with zero attached hydrogens (tertiary/aromatic N) is 1. The SMILES string of the molecule is COc1ccc(S(=O)(=O)N/N=C\c2cc(Br)c(OCc3ccc(Cl)cc3Cl)c(OC)c2)cc1. The van der Waals surface area contributed by atoms with Gasteiger partial charge in [-0.25, -0.2) is 4.83 Å².